The van der Waals surface area contributed by atoms with Gasteiger partial charge in [0.2, 0.25) is 0 Å². The number of rotatable bonds is 8. The summed E-state index contributed by atoms with van der Waals surface area (Å²) < 4.78 is 51.9. The molecule has 1 atom stereocenters. The second-order valence-corrected chi connectivity index (χ2v) is 11.0. The van der Waals surface area contributed by atoms with Crippen molar-refractivity contribution in [3.8, 4) is 22.3 Å². The minimum Gasteiger partial charge on any atom is -0.490 e. The molecule has 1 N–H and O–H groups in total. The summed E-state index contributed by atoms with van der Waals surface area (Å²) in [5, 5.41) is 16.8. The molecular weight excluding hydrogens is 563 g/mol. The van der Waals surface area contributed by atoms with Gasteiger partial charge in [-0.05, 0) is 47.4 Å². The van der Waals surface area contributed by atoms with Crippen LogP contribution in [-0.4, -0.2) is 68.5 Å². The van der Waals surface area contributed by atoms with Crippen LogP contribution in [-0.2, 0) is 19.3 Å². The summed E-state index contributed by atoms with van der Waals surface area (Å²) in [5.74, 6) is 0.485. The molecular formula is C26H26F3N7O4S. The fourth-order valence-electron chi connectivity index (χ4n) is 4.86. The van der Waals surface area contributed by atoms with Gasteiger partial charge in [0.25, 0.3) is 0 Å². The van der Waals surface area contributed by atoms with Crippen LogP contribution < -0.4 is 14.4 Å². The zero-order valence-electron chi connectivity index (χ0n) is 21.7. The van der Waals surface area contributed by atoms with Crippen LogP contribution in [0.25, 0.3) is 10.6 Å². The van der Waals surface area contributed by atoms with Crippen LogP contribution in [0.4, 0.5) is 24.7 Å². The fraction of sp³-hybridized carbons (Fsp3) is 0.385. The number of nitrogens with one attached hydrogen (secondary N) is 1. The predicted octanol–water partition coefficient (Wildman–Crippen LogP) is 4.81. The SMILES string of the molecule is O=[N+]([O-])c1cn2c(n1)OC(COc1ccc(N3CCN(Cc4ccc(-c5cc(C(F)(F)F)[nH]n5)s4)CC3)cc1)CC2. The van der Waals surface area contributed by atoms with E-state index < -0.39 is 16.8 Å². The van der Waals surface area contributed by atoms with Gasteiger partial charge in [-0.1, -0.05) is 0 Å². The number of hydrogen-bond acceptors (Lipinski definition) is 9. The number of nitro groups is 1. The number of nitrogens with zero attached hydrogens (tertiary/aromatic N) is 6. The maximum absolute atomic E-state index is 12.9. The quantitative estimate of drug-likeness (QED) is 0.230. The Kier molecular flexibility index (Phi) is 7.30. The third-order valence-electron chi connectivity index (χ3n) is 7.07. The first-order valence-electron chi connectivity index (χ1n) is 13.0. The summed E-state index contributed by atoms with van der Waals surface area (Å²) >= 11 is 1.46. The van der Waals surface area contributed by atoms with Gasteiger partial charge in [0.15, 0.2) is 0 Å². The third kappa shape index (κ3) is 6.15. The largest absolute Gasteiger partial charge is 0.490 e. The number of aromatic amines is 1. The van der Waals surface area contributed by atoms with Gasteiger partial charge in [0.05, 0.1) is 4.88 Å². The first-order valence-corrected chi connectivity index (χ1v) is 13.8. The molecule has 0 aliphatic carbocycles. The zero-order valence-corrected chi connectivity index (χ0v) is 22.5. The number of fused-ring (bicyclic) bond motifs is 1. The minimum atomic E-state index is -4.44. The average molecular weight is 590 g/mol. The van der Waals surface area contributed by atoms with Crippen molar-refractivity contribution in [3.05, 3.63) is 69.3 Å². The summed E-state index contributed by atoms with van der Waals surface area (Å²) in [6.45, 7) is 5.04. The van der Waals surface area contributed by atoms with Gasteiger partial charge in [-0.3, -0.25) is 14.6 Å². The maximum atomic E-state index is 12.9. The Morgan fingerprint density at radius 2 is 1.90 bits per heavy atom. The van der Waals surface area contributed by atoms with Gasteiger partial charge < -0.3 is 24.5 Å². The molecule has 2 aliphatic rings. The molecule has 0 bridgehead atoms. The molecule has 1 fully saturated rings. The minimum absolute atomic E-state index is 0.227. The zero-order chi connectivity index (χ0) is 28.6. The summed E-state index contributed by atoms with van der Waals surface area (Å²) in [6.07, 6.45) is -2.64. The molecule has 0 amide bonds. The molecule has 41 heavy (non-hydrogen) atoms. The standard InChI is InChI=1S/C26H26F3N7O4S/c27-26(28,29)23-13-21(31-32-23)22-6-5-20(41-22)14-33-9-11-34(12-10-33)17-1-3-18(4-2-17)39-16-19-7-8-35-15-24(36(37)38)30-25(35)40-19/h1-6,13,15,19H,7-12,14,16H2,(H,31,32). The van der Waals surface area contributed by atoms with Gasteiger partial charge >= 0.3 is 18.0 Å². The highest BCUT2D eigenvalue weighted by molar-refractivity contribution is 7.15. The van der Waals surface area contributed by atoms with Crippen LogP contribution in [0.15, 0.2) is 48.7 Å². The Balaban J connectivity index is 0.961. The summed E-state index contributed by atoms with van der Waals surface area (Å²) in [5.41, 5.74) is 0.549. The van der Waals surface area contributed by atoms with Crippen molar-refractivity contribution in [1.82, 2.24) is 24.6 Å². The normalized spacial score (nSPS) is 17.7. The molecule has 1 saturated heterocycles. The number of halogens is 3. The molecule has 4 aromatic rings. The molecule has 11 nitrogen and oxygen atoms in total. The van der Waals surface area contributed by atoms with Gasteiger partial charge in [-0.25, -0.2) is 0 Å². The lowest BCUT2D eigenvalue weighted by Crippen LogP contribution is -2.45. The topological polar surface area (TPSA) is 115 Å². The van der Waals surface area contributed by atoms with E-state index in [2.05, 4.69) is 25.0 Å². The molecule has 0 saturated carbocycles. The van der Waals surface area contributed by atoms with E-state index in [0.29, 0.717) is 35.9 Å². The van der Waals surface area contributed by atoms with Gasteiger partial charge in [-0.15, -0.1) is 11.3 Å². The molecule has 0 radical (unpaired) electrons. The molecule has 3 aromatic heterocycles. The summed E-state index contributed by atoms with van der Waals surface area (Å²) in [6, 6.07) is 12.9. The number of alkyl halides is 3. The number of anilines is 1. The number of aryl methyl sites for hydroxylation is 1. The number of thiophene rings is 1. The first kappa shape index (κ1) is 27.1. The molecule has 6 rings (SSSR count). The number of benzene rings is 1. The number of piperazine rings is 1. The van der Waals surface area contributed by atoms with Crippen LogP contribution >= 0.6 is 11.3 Å². The van der Waals surface area contributed by atoms with Crippen molar-refractivity contribution >= 4 is 22.8 Å². The van der Waals surface area contributed by atoms with E-state index in [1.165, 1.54) is 17.5 Å². The van der Waals surface area contributed by atoms with E-state index in [1.807, 2.05) is 36.4 Å². The van der Waals surface area contributed by atoms with Crippen molar-refractivity contribution in [2.45, 2.75) is 31.8 Å². The number of ether oxygens (including phenoxy) is 2. The van der Waals surface area contributed by atoms with E-state index >= 15 is 0 Å². The van der Waals surface area contributed by atoms with Crippen LogP contribution in [0.1, 0.15) is 17.0 Å². The second kappa shape index (κ2) is 11.0. The number of aromatic nitrogens is 4. The lowest BCUT2D eigenvalue weighted by Gasteiger charge is -2.36. The Morgan fingerprint density at radius 1 is 1.12 bits per heavy atom. The lowest BCUT2D eigenvalue weighted by molar-refractivity contribution is -0.389. The summed E-state index contributed by atoms with van der Waals surface area (Å²) in [4.78, 5) is 20.7. The van der Waals surface area contributed by atoms with Crippen molar-refractivity contribution in [3.63, 3.8) is 0 Å². The fourth-order valence-corrected chi connectivity index (χ4v) is 5.87. The Labute approximate surface area is 236 Å². The van der Waals surface area contributed by atoms with Crippen LogP contribution in [0.2, 0.25) is 0 Å². The number of imidazole rings is 1. The molecule has 5 heterocycles. The monoisotopic (exact) mass is 589 g/mol. The van der Waals surface area contributed by atoms with E-state index in [1.54, 1.807) is 4.57 Å². The van der Waals surface area contributed by atoms with Gasteiger partial charge in [0.1, 0.15) is 36.0 Å². The predicted molar refractivity (Wildman–Crippen MR) is 144 cm³/mol. The molecule has 2 aliphatic heterocycles. The molecule has 15 heteroatoms. The van der Waals surface area contributed by atoms with Crippen LogP contribution in [0.3, 0.4) is 0 Å². The van der Waals surface area contributed by atoms with E-state index in [0.717, 1.165) is 49.4 Å². The highest BCUT2D eigenvalue weighted by Crippen LogP contribution is 2.33. The maximum Gasteiger partial charge on any atom is 0.432 e. The van der Waals surface area contributed by atoms with E-state index in [4.69, 9.17) is 9.47 Å². The average Bonchev–Trinajstić information content (AvgIpc) is 3.72. The lowest BCUT2D eigenvalue weighted by atomic mass is 10.2. The highest BCUT2D eigenvalue weighted by Gasteiger charge is 2.33. The highest BCUT2D eigenvalue weighted by atomic mass is 32.1. The van der Waals surface area contributed by atoms with Crippen molar-refractivity contribution < 1.29 is 27.6 Å². The van der Waals surface area contributed by atoms with Gasteiger partial charge in [-0.2, -0.15) is 18.3 Å². The van der Waals surface area contributed by atoms with E-state index in [9.17, 15) is 23.3 Å². The Hall–Kier alpha value is -4.11. The van der Waals surface area contributed by atoms with Crippen molar-refractivity contribution in [1.29, 1.82) is 0 Å². The van der Waals surface area contributed by atoms with Crippen LogP contribution in [0, 0.1) is 10.1 Å². The van der Waals surface area contributed by atoms with Crippen LogP contribution in [0.5, 0.6) is 11.8 Å². The molecule has 216 valence electrons. The molecule has 1 unspecified atom stereocenters. The Morgan fingerprint density at radius 3 is 2.61 bits per heavy atom. The smallest absolute Gasteiger partial charge is 0.432 e. The summed E-state index contributed by atoms with van der Waals surface area (Å²) in [7, 11) is 0. The third-order valence-corrected chi connectivity index (χ3v) is 8.16. The first-order chi connectivity index (χ1) is 19.7. The number of hydrogen-bond donors (Lipinski definition) is 1. The number of H-pyrrole nitrogens is 1. The molecule has 0 spiro atoms. The Bertz CT molecular complexity index is 1510. The second-order valence-electron chi connectivity index (χ2n) is 9.86. The van der Waals surface area contributed by atoms with E-state index in [-0.39, 0.29) is 17.9 Å². The van der Waals surface area contributed by atoms with Crippen molar-refractivity contribution in [2.24, 2.45) is 0 Å². The molecule has 1 aromatic carbocycles. The van der Waals surface area contributed by atoms with Gasteiger partial charge in [0, 0.05) is 61.2 Å². The van der Waals surface area contributed by atoms with Crippen molar-refractivity contribution in [2.75, 3.05) is 37.7 Å².